The van der Waals surface area contributed by atoms with Crippen molar-refractivity contribution >= 4 is 28.8 Å². The Morgan fingerprint density at radius 3 is 2.41 bits per heavy atom. The molecule has 0 atom stereocenters. The first-order chi connectivity index (χ1) is 12.9. The van der Waals surface area contributed by atoms with Crippen LogP contribution >= 0.6 is 0 Å². The summed E-state index contributed by atoms with van der Waals surface area (Å²) in [5, 5.41) is 19.9. The highest BCUT2D eigenvalue weighted by molar-refractivity contribution is 6.42. The van der Waals surface area contributed by atoms with Crippen LogP contribution in [0, 0.1) is 11.3 Å². The fourth-order valence-corrected chi connectivity index (χ4v) is 3.00. The number of hydrogen-bond donors (Lipinski definition) is 1. The van der Waals surface area contributed by atoms with E-state index in [2.05, 4.69) is 0 Å². The number of aliphatic hydroxyl groups excluding tert-OH is 1. The number of carbonyl (C=O) groups is 2. The van der Waals surface area contributed by atoms with Crippen molar-refractivity contribution in [1.29, 1.82) is 5.26 Å². The molecule has 0 saturated carbocycles. The molecule has 0 radical (unpaired) electrons. The lowest BCUT2D eigenvalue weighted by Crippen LogP contribution is -2.31. The highest BCUT2D eigenvalue weighted by Gasteiger charge is 2.38. The zero-order valence-corrected chi connectivity index (χ0v) is 14.9. The van der Waals surface area contributed by atoms with Gasteiger partial charge in [0.15, 0.2) is 11.5 Å². The van der Waals surface area contributed by atoms with Crippen LogP contribution in [0.5, 0.6) is 11.5 Å². The van der Waals surface area contributed by atoms with Gasteiger partial charge in [0, 0.05) is 18.1 Å². The lowest BCUT2D eigenvalue weighted by atomic mass is 10.0. The van der Waals surface area contributed by atoms with Crippen molar-refractivity contribution < 1.29 is 24.2 Å². The molecular formula is C20H16N2O5. The van der Waals surface area contributed by atoms with Crippen molar-refractivity contribution in [3.8, 4) is 17.6 Å². The van der Waals surface area contributed by atoms with E-state index in [0.29, 0.717) is 28.2 Å². The molecule has 7 heteroatoms. The van der Waals surface area contributed by atoms with E-state index >= 15 is 0 Å². The van der Waals surface area contributed by atoms with Crippen molar-refractivity contribution in [2.75, 3.05) is 19.1 Å². The number of rotatable bonds is 3. The van der Waals surface area contributed by atoms with Crippen molar-refractivity contribution in [3.63, 3.8) is 0 Å². The van der Waals surface area contributed by atoms with Gasteiger partial charge in [-0.1, -0.05) is 6.07 Å². The average molecular weight is 364 g/mol. The van der Waals surface area contributed by atoms with Crippen LogP contribution in [0.15, 0.2) is 36.4 Å². The summed E-state index contributed by atoms with van der Waals surface area (Å²) in [4.78, 5) is 25.8. The number of nitriles is 1. The van der Waals surface area contributed by atoms with E-state index in [1.54, 1.807) is 18.2 Å². The summed E-state index contributed by atoms with van der Waals surface area (Å²) in [5.74, 6) is -0.598. The summed E-state index contributed by atoms with van der Waals surface area (Å²) >= 11 is 0. The van der Waals surface area contributed by atoms with Gasteiger partial charge in [0.1, 0.15) is 5.76 Å². The molecular weight excluding hydrogens is 348 g/mol. The zero-order chi connectivity index (χ0) is 19.7. The molecule has 2 amide bonds. The van der Waals surface area contributed by atoms with E-state index in [9.17, 15) is 14.7 Å². The second-order valence-electron chi connectivity index (χ2n) is 5.80. The van der Waals surface area contributed by atoms with Gasteiger partial charge in [-0.3, -0.25) is 9.59 Å². The van der Waals surface area contributed by atoms with E-state index < -0.39 is 11.8 Å². The van der Waals surface area contributed by atoms with Gasteiger partial charge >= 0.3 is 0 Å². The lowest BCUT2D eigenvalue weighted by molar-refractivity contribution is -0.122. The van der Waals surface area contributed by atoms with Gasteiger partial charge in [-0.25, -0.2) is 4.90 Å². The third-order valence-electron chi connectivity index (χ3n) is 4.26. The number of ether oxygens (including phenoxy) is 2. The second-order valence-corrected chi connectivity index (χ2v) is 5.80. The molecule has 7 nitrogen and oxygen atoms in total. The maximum Gasteiger partial charge on any atom is 0.269 e. The lowest BCUT2D eigenvalue weighted by Gasteiger charge is -2.12. The zero-order valence-electron chi connectivity index (χ0n) is 14.9. The number of aliphatic hydroxyl groups is 1. The van der Waals surface area contributed by atoms with E-state index in [1.807, 2.05) is 6.07 Å². The molecule has 1 N–H and O–H groups in total. The number of fused-ring (bicyclic) bond motifs is 1. The summed E-state index contributed by atoms with van der Waals surface area (Å²) in [6, 6.07) is 11.2. The van der Waals surface area contributed by atoms with Gasteiger partial charge in [-0.05, 0) is 30.3 Å². The maximum atomic E-state index is 12.8. The highest BCUT2D eigenvalue weighted by Crippen LogP contribution is 2.41. The third-order valence-corrected chi connectivity index (χ3v) is 4.26. The Kier molecular flexibility index (Phi) is 4.57. The molecule has 0 spiro atoms. The predicted molar refractivity (Wildman–Crippen MR) is 98.3 cm³/mol. The van der Waals surface area contributed by atoms with Crippen LogP contribution in [0.2, 0.25) is 0 Å². The van der Waals surface area contributed by atoms with Crippen LogP contribution in [-0.4, -0.2) is 31.1 Å². The molecule has 0 aliphatic carbocycles. The Labute approximate surface area is 155 Å². The number of anilines is 1. The Balaban J connectivity index is 2.23. The predicted octanol–water partition coefficient (Wildman–Crippen LogP) is 2.89. The monoisotopic (exact) mass is 364 g/mol. The van der Waals surface area contributed by atoms with Gasteiger partial charge in [-0.2, -0.15) is 5.26 Å². The average Bonchev–Trinajstić information content (AvgIpc) is 2.97. The standard InChI is InChI=1S/C20H16N2O5/c1-11(23)22-15-8-12(10-21)4-6-14(15)18(20(22)25)19(24)13-5-7-16(26-2)17(9-13)27-3/h4-9,24H,1-3H3. The number of nitrogens with zero attached hydrogens (tertiary/aromatic N) is 2. The first kappa shape index (κ1) is 18.0. The van der Waals surface area contributed by atoms with Gasteiger partial charge in [0.05, 0.1) is 37.1 Å². The largest absolute Gasteiger partial charge is 0.506 e. The Bertz CT molecular complexity index is 1030. The third kappa shape index (κ3) is 2.87. The minimum absolute atomic E-state index is 0.0168. The summed E-state index contributed by atoms with van der Waals surface area (Å²) in [6.07, 6.45) is 0. The minimum Gasteiger partial charge on any atom is -0.506 e. The fraction of sp³-hybridized carbons (Fsp3) is 0.150. The molecule has 136 valence electrons. The molecule has 0 unspecified atom stereocenters. The van der Waals surface area contributed by atoms with Crippen molar-refractivity contribution in [3.05, 3.63) is 53.1 Å². The second kappa shape index (κ2) is 6.84. The topological polar surface area (TPSA) is 99.9 Å². The SMILES string of the molecule is COc1ccc(C(O)=C2C(=O)N(C(C)=O)c3cc(C#N)ccc32)cc1OC. The molecule has 2 aromatic rings. The molecule has 27 heavy (non-hydrogen) atoms. The number of methoxy groups -OCH3 is 2. The van der Waals surface area contributed by atoms with Gasteiger partial charge < -0.3 is 14.6 Å². The van der Waals surface area contributed by atoms with Crippen molar-refractivity contribution in [2.24, 2.45) is 0 Å². The van der Waals surface area contributed by atoms with Crippen LogP contribution in [0.1, 0.15) is 23.6 Å². The Hall–Kier alpha value is -3.79. The summed E-state index contributed by atoms with van der Waals surface area (Å²) in [6.45, 7) is 1.25. The van der Waals surface area contributed by atoms with E-state index in [4.69, 9.17) is 14.7 Å². The first-order valence-electron chi connectivity index (χ1n) is 7.98. The van der Waals surface area contributed by atoms with Crippen molar-refractivity contribution in [2.45, 2.75) is 6.92 Å². The van der Waals surface area contributed by atoms with Crippen LogP contribution in [0.3, 0.4) is 0 Å². The number of amides is 2. The normalized spacial score (nSPS) is 14.4. The molecule has 0 aromatic heterocycles. The highest BCUT2D eigenvalue weighted by atomic mass is 16.5. The Morgan fingerprint density at radius 1 is 1.11 bits per heavy atom. The Morgan fingerprint density at radius 2 is 1.81 bits per heavy atom. The quantitative estimate of drug-likeness (QED) is 0.664. The van der Waals surface area contributed by atoms with Crippen LogP contribution in [0.4, 0.5) is 5.69 Å². The summed E-state index contributed by atoms with van der Waals surface area (Å²) in [5.41, 5.74) is 1.27. The van der Waals surface area contributed by atoms with Crippen LogP contribution < -0.4 is 14.4 Å². The minimum atomic E-state index is -0.653. The van der Waals surface area contributed by atoms with Gasteiger partial charge in [-0.15, -0.1) is 0 Å². The molecule has 1 heterocycles. The fourth-order valence-electron chi connectivity index (χ4n) is 3.00. The van der Waals surface area contributed by atoms with E-state index in [1.165, 1.54) is 39.3 Å². The summed E-state index contributed by atoms with van der Waals surface area (Å²) in [7, 11) is 2.95. The smallest absolute Gasteiger partial charge is 0.269 e. The van der Waals surface area contributed by atoms with E-state index in [0.717, 1.165) is 4.90 Å². The van der Waals surface area contributed by atoms with Crippen molar-refractivity contribution in [1.82, 2.24) is 0 Å². The van der Waals surface area contributed by atoms with Gasteiger partial charge in [0.2, 0.25) is 5.91 Å². The maximum absolute atomic E-state index is 12.8. The number of benzene rings is 2. The van der Waals surface area contributed by atoms with Crippen LogP contribution in [0.25, 0.3) is 11.3 Å². The first-order valence-corrected chi connectivity index (χ1v) is 7.98. The van der Waals surface area contributed by atoms with E-state index in [-0.39, 0.29) is 17.0 Å². The molecule has 1 aliphatic heterocycles. The molecule has 0 fully saturated rings. The van der Waals surface area contributed by atoms with Crippen LogP contribution in [-0.2, 0) is 9.59 Å². The summed E-state index contributed by atoms with van der Waals surface area (Å²) < 4.78 is 10.4. The van der Waals surface area contributed by atoms with Gasteiger partial charge in [0.25, 0.3) is 5.91 Å². The number of imide groups is 1. The molecule has 1 aliphatic rings. The number of carbonyl (C=O) groups excluding carboxylic acids is 2. The number of hydrogen-bond acceptors (Lipinski definition) is 6. The molecule has 2 aromatic carbocycles. The molecule has 3 rings (SSSR count). The molecule has 0 bridgehead atoms. The molecule has 0 saturated heterocycles.